The molecule has 13 rings (SSSR count). The molecule has 1 spiro atoms. The first-order valence-electron chi connectivity index (χ1n) is 27.7. The number of likely N-dealkylation sites (tertiary alicyclic amines) is 3. The molecule has 10 aliphatic rings. The van der Waals surface area contributed by atoms with Crippen LogP contribution in [-0.4, -0.2) is 159 Å². The van der Waals surface area contributed by atoms with Gasteiger partial charge >= 0.3 is 0 Å². The number of ether oxygens (including phenoxy) is 1. The van der Waals surface area contributed by atoms with Crippen LogP contribution in [0.4, 0.5) is 11.5 Å². The third kappa shape index (κ3) is 8.08. The van der Waals surface area contributed by atoms with Gasteiger partial charge in [0, 0.05) is 123 Å². The molecule has 2 aromatic heterocycles. The van der Waals surface area contributed by atoms with Gasteiger partial charge in [0.2, 0.25) is 29.5 Å². The lowest BCUT2D eigenvalue weighted by Gasteiger charge is -2.60. The third-order valence-corrected chi connectivity index (χ3v) is 19.1. The Kier molecular flexibility index (Phi) is 11.6. The molecular formula is C56H71N11O6. The SMILES string of the molecule is CC(C)n1cnc2cc(-c3ccc4c(c3)N(C3CC(N5C6COCC5C6)C3)C(=O)C43CCN(C(=O)C4(C)CCN(C(=O)C5CCN(C6=NCC(C7CCC(=O)NC7=O)C=C6)CC5)CC4)CC3)nc(NC3CC3)c21. The van der Waals surface area contributed by atoms with Crippen molar-refractivity contribution in [2.75, 3.05) is 69.2 Å². The van der Waals surface area contributed by atoms with Gasteiger partial charge in [-0.3, -0.25) is 39.2 Å². The number of nitrogens with zero attached hydrogens (tertiary/aromatic N) is 9. The van der Waals surface area contributed by atoms with Gasteiger partial charge in [0.05, 0.1) is 36.2 Å². The summed E-state index contributed by atoms with van der Waals surface area (Å²) < 4.78 is 8.03. The summed E-state index contributed by atoms with van der Waals surface area (Å²) in [6.45, 7) is 12.2. The first-order valence-corrected chi connectivity index (χ1v) is 27.7. The van der Waals surface area contributed by atoms with Gasteiger partial charge in [-0.15, -0.1) is 0 Å². The van der Waals surface area contributed by atoms with E-state index in [1.165, 1.54) is 6.42 Å². The van der Waals surface area contributed by atoms with Crippen LogP contribution in [0.5, 0.6) is 0 Å². The standard InChI is InChI=1S/C56H71N11O6/c1-33(2)65-32-58-45-28-44(60-50(49(45)65)59-37-6-7-37)35-4-9-43-46(24-35)67(39-25-38(26-39)66-40-27-41(66)31-73-30-40)54(72)56(43)16-22-64(23-17-56)53(71)55(3)14-20-63(21-15-55)52(70)34-12-18-62(19-13-34)47-10-5-36(29-57-47)42-8-11-48(68)61-51(42)69/h4-5,9-10,24,28,32-34,36-42H,6-8,11-23,25-27,29-31H2,1-3H3,(H,59,60)(H,61,68,69). The molecular weight excluding hydrogens is 923 g/mol. The molecule has 2 bridgehead atoms. The fraction of sp³-hybridized carbons (Fsp3) is 0.643. The van der Waals surface area contributed by atoms with Crippen LogP contribution in [0.2, 0.25) is 0 Å². The smallest absolute Gasteiger partial charge is 0.238 e. The summed E-state index contributed by atoms with van der Waals surface area (Å²) in [5, 5.41) is 6.17. The topological polar surface area (TPSA) is 178 Å². The first kappa shape index (κ1) is 47.1. The van der Waals surface area contributed by atoms with Crippen molar-refractivity contribution in [3.05, 3.63) is 48.3 Å². The van der Waals surface area contributed by atoms with Crippen LogP contribution < -0.4 is 15.5 Å². The molecule has 6 saturated heterocycles. The van der Waals surface area contributed by atoms with Crippen LogP contribution >= 0.6 is 0 Å². The zero-order valence-electron chi connectivity index (χ0n) is 42.8. The van der Waals surface area contributed by atoms with E-state index in [9.17, 15) is 19.2 Å². The molecule has 17 heteroatoms. The Labute approximate surface area is 427 Å². The van der Waals surface area contributed by atoms with Crippen molar-refractivity contribution < 1.29 is 28.7 Å². The monoisotopic (exact) mass is 994 g/mol. The van der Waals surface area contributed by atoms with Gasteiger partial charge in [-0.2, -0.15) is 0 Å². The summed E-state index contributed by atoms with van der Waals surface area (Å²) in [6.07, 6.45) is 16.2. The molecule has 73 heavy (non-hydrogen) atoms. The van der Waals surface area contributed by atoms with Crippen LogP contribution in [-0.2, 0) is 34.1 Å². The number of fused-ring (bicyclic) bond motifs is 5. The van der Waals surface area contributed by atoms with Gasteiger partial charge in [0.1, 0.15) is 11.4 Å². The summed E-state index contributed by atoms with van der Waals surface area (Å²) in [7, 11) is 0. The number of dihydropyridines is 1. The van der Waals surface area contributed by atoms with Crippen molar-refractivity contribution in [3.63, 3.8) is 0 Å². The number of nitrogens with one attached hydrogen (secondary N) is 2. The van der Waals surface area contributed by atoms with E-state index in [0.29, 0.717) is 95.4 Å². The van der Waals surface area contributed by atoms with E-state index in [4.69, 9.17) is 19.7 Å². The molecule has 17 nitrogen and oxygen atoms in total. The molecule has 5 amide bonds. The second kappa shape index (κ2) is 18.0. The second-order valence-corrected chi connectivity index (χ2v) is 23.9. The fourth-order valence-electron chi connectivity index (χ4n) is 14.3. The zero-order valence-corrected chi connectivity index (χ0v) is 42.8. The van der Waals surface area contributed by atoms with Gasteiger partial charge in [-0.1, -0.05) is 25.1 Å². The van der Waals surface area contributed by atoms with E-state index >= 15 is 4.79 Å². The van der Waals surface area contributed by atoms with Gasteiger partial charge in [-0.05, 0) is 115 Å². The average molecular weight is 994 g/mol. The Morgan fingerprint density at radius 1 is 0.849 bits per heavy atom. The third-order valence-electron chi connectivity index (χ3n) is 19.1. The highest BCUT2D eigenvalue weighted by Crippen LogP contribution is 2.53. The van der Waals surface area contributed by atoms with Crippen LogP contribution in [0.15, 0.2) is 47.7 Å². The highest BCUT2D eigenvalue weighted by molar-refractivity contribution is 6.10. The number of pyridine rings is 1. The zero-order chi connectivity index (χ0) is 49.9. The quantitative estimate of drug-likeness (QED) is 0.261. The Morgan fingerprint density at radius 3 is 2.25 bits per heavy atom. The largest absolute Gasteiger partial charge is 0.378 e. The van der Waals surface area contributed by atoms with Gasteiger partial charge < -0.3 is 34.2 Å². The van der Waals surface area contributed by atoms with Crippen LogP contribution in [0.1, 0.15) is 116 Å². The van der Waals surface area contributed by atoms with Crippen LogP contribution in [0.25, 0.3) is 22.3 Å². The number of rotatable bonds is 9. The number of aromatic nitrogens is 3. The molecule has 3 aromatic rings. The molecule has 2 N–H and O–H groups in total. The number of aliphatic imine (C=N–C) groups is 1. The molecule has 2 aliphatic carbocycles. The number of hydrogen-bond acceptors (Lipinski definition) is 12. The number of carbonyl (C=O) groups excluding carboxylic acids is 5. The van der Waals surface area contributed by atoms with E-state index in [2.05, 4.69) is 81.0 Å². The molecule has 10 heterocycles. The molecule has 1 aromatic carbocycles. The lowest BCUT2D eigenvalue weighted by Crippen LogP contribution is -2.70. The molecule has 4 atom stereocenters. The molecule has 8 fully saturated rings. The van der Waals surface area contributed by atoms with Crippen molar-refractivity contribution >= 4 is 57.9 Å². The summed E-state index contributed by atoms with van der Waals surface area (Å²) in [5.41, 5.74) is 4.56. The van der Waals surface area contributed by atoms with E-state index in [1.807, 2.05) is 22.2 Å². The summed E-state index contributed by atoms with van der Waals surface area (Å²) in [6, 6.07) is 10.9. The fourth-order valence-corrected chi connectivity index (χ4v) is 14.3. The number of anilines is 2. The lowest BCUT2D eigenvalue weighted by molar-refractivity contribution is -0.161. The van der Waals surface area contributed by atoms with Gasteiger partial charge in [0.25, 0.3) is 0 Å². The average Bonchev–Trinajstić information content (AvgIpc) is 4.06. The lowest BCUT2D eigenvalue weighted by atomic mass is 9.72. The van der Waals surface area contributed by atoms with Crippen molar-refractivity contribution in [1.82, 2.24) is 39.5 Å². The highest BCUT2D eigenvalue weighted by Gasteiger charge is 2.58. The van der Waals surface area contributed by atoms with Crippen molar-refractivity contribution in [2.24, 2.45) is 28.2 Å². The summed E-state index contributed by atoms with van der Waals surface area (Å²) >= 11 is 0. The van der Waals surface area contributed by atoms with E-state index in [-0.39, 0.29) is 59.4 Å². The second-order valence-electron chi connectivity index (χ2n) is 23.9. The maximum Gasteiger partial charge on any atom is 0.238 e. The number of amides is 5. The number of morpholine rings is 1. The highest BCUT2D eigenvalue weighted by atomic mass is 16.5. The number of benzene rings is 1. The minimum Gasteiger partial charge on any atom is -0.378 e. The molecule has 386 valence electrons. The predicted octanol–water partition coefficient (Wildman–Crippen LogP) is 5.44. The van der Waals surface area contributed by atoms with Gasteiger partial charge in [0.15, 0.2) is 5.82 Å². The van der Waals surface area contributed by atoms with E-state index < -0.39 is 10.8 Å². The number of piperidine rings is 4. The normalized spacial score (nSPS) is 30.1. The van der Waals surface area contributed by atoms with Crippen LogP contribution in [0.3, 0.4) is 0 Å². The van der Waals surface area contributed by atoms with E-state index in [1.54, 1.807) is 0 Å². The number of carbonyl (C=O) groups is 5. The maximum atomic E-state index is 15.3. The van der Waals surface area contributed by atoms with E-state index in [0.717, 1.165) is 110 Å². The first-order chi connectivity index (χ1) is 35.3. The Hall–Kier alpha value is -5.68. The Balaban J connectivity index is 0.667. The van der Waals surface area contributed by atoms with Crippen molar-refractivity contribution in [2.45, 2.75) is 146 Å². The molecule has 2 saturated carbocycles. The van der Waals surface area contributed by atoms with Crippen molar-refractivity contribution in [3.8, 4) is 11.3 Å². The number of amidine groups is 1. The predicted molar refractivity (Wildman–Crippen MR) is 276 cm³/mol. The molecule has 0 radical (unpaired) electrons. The minimum atomic E-state index is -0.701. The maximum absolute atomic E-state index is 15.3. The summed E-state index contributed by atoms with van der Waals surface area (Å²) in [4.78, 5) is 94.0. The number of imide groups is 1. The minimum absolute atomic E-state index is 0.0128. The van der Waals surface area contributed by atoms with Crippen LogP contribution in [0, 0.1) is 23.2 Å². The Bertz CT molecular complexity index is 2790. The van der Waals surface area contributed by atoms with Gasteiger partial charge in [-0.25, -0.2) is 9.97 Å². The number of hydrogen-bond donors (Lipinski definition) is 2. The molecule has 8 aliphatic heterocycles. The van der Waals surface area contributed by atoms with Crippen molar-refractivity contribution in [1.29, 1.82) is 0 Å². The summed E-state index contributed by atoms with van der Waals surface area (Å²) in [5.74, 6) is 1.57. The number of imidazole rings is 1. The molecule has 4 unspecified atom stereocenters. The Morgan fingerprint density at radius 2 is 1.58 bits per heavy atom.